The van der Waals surface area contributed by atoms with E-state index in [9.17, 15) is 9.59 Å². The van der Waals surface area contributed by atoms with Crippen molar-refractivity contribution >= 4 is 12.0 Å². The molecule has 0 aromatic heterocycles. The number of hydrogen-bond acceptors (Lipinski definition) is 4. The monoisotopic (exact) mass is 387 g/mol. The van der Waals surface area contributed by atoms with E-state index in [1.165, 1.54) is 0 Å². The van der Waals surface area contributed by atoms with Crippen LogP contribution in [0.15, 0.2) is 30.3 Å². The molecule has 2 fully saturated rings. The Morgan fingerprint density at radius 3 is 2.46 bits per heavy atom. The average molecular weight is 388 g/mol. The molecule has 1 atom stereocenters. The number of carbonyl (C=O) groups is 2. The molecule has 0 radical (unpaired) electrons. The molecular weight excluding hydrogens is 354 g/mol. The Bertz CT molecular complexity index is 642. The van der Waals surface area contributed by atoms with E-state index in [1.54, 1.807) is 4.90 Å². The third kappa shape index (κ3) is 5.71. The van der Waals surface area contributed by atoms with Crippen molar-refractivity contribution in [2.45, 2.75) is 45.8 Å². The van der Waals surface area contributed by atoms with Gasteiger partial charge in [-0.25, -0.2) is 4.79 Å². The van der Waals surface area contributed by atoms with E-state index in [4.69, 9.17) is 4.74 Å². The van der Waals surface area contributed by atoms with Crippen molar-refractivity contribution in [3.63, 3.8) is 0 Å². The first-order valence-corrected chi connectivity index (χ1v) is 10.5. The van der Waals surface area contributed by atoms with E-state index in [0.717, 1.165) is 31.6 Å². The minimum Gasteiger partial charge on any atom is -0.445 e. The molecule has 28 heavy (non-hydrogen) atoms. The molecule has 1 aromatic carbocycles. The van der Waals surface area contributed by atoms with Crippen molar-refractivity contribution in [2.24, 2.45) is 11.8 Å². The van der Waals surface area contributed by atoms with Gasteiger partial charge in [0.15, 0.2) is 0 Å². The lowest BCUT2D eigenvalue weighted by molar-refractivity contribution is -0.126. The van der Waals surface area contributed by atoms with Gasteiger partial charge < -0.3 is 19.9 Å². The summed E-state index contributed by atoms with van der Waals surface area (Å²) in [6, 6.07) is 10.3. The second-order valence-electron chi connectivity index (χ2n) is 8.29. The first kappa shape index (κ1) is 20.6. The largest absolute Gasteiger partial charge is 0.445 e. The highest BCUT2D eigenvalue weighted by atomic mass is 16.6. The molecule has 6 heteroatoms. The fourth-order valence-corrected chi connectivity index (χ4v) is 4.02. The van der Waals surface area contributed by atoms with E-state index < -0.39 is 0 Å². The van der Waals surface area contributed by atoms with Crippen LogP contribution in [0, 0.1) is 11.8 Å². The lowest BCUT2D eigenvalue weighted by Crippen LogP contribution is -2.44. The minimum atomic E-state index is -0.289. The van der Waals surface area contributed by atoms with E-state index in [1.807, 2.05) is 30.3 Å². The first-order chi connectivity index (χ1) is 13.5. The number of benzene rings is 1. The summed E-state index contributed by atoms with van der Waals surface area (Å²) in [5, 5.41) is 3.14. The lowest BCUT2D eigenvalue weighted by Gasteiger charge is -2.30. The number of ether oxygens (including phenoxy) is 1. The number of carbonyl (C=O) groups excluding carboxylic acids is 2. The molecule has 2 amide bonds. The van der Waals surface area contributed by atoms with Crippen LogP contribution in [-0.4, -0.2) is 60.6 Å². The van der Waals surface area contributed by atoms with Crippen LogP contribution in [0.3, 0.4) is 0 Å². The summed E-state index contributed by atoms with van der Waals surface area (Å²) in [4.78, 5) is 28.9. The predicted molar refractivity (Wildman–Crippen MR) is 109 cm³/mol. The first-order valence-electron chi connectivity index (χ1n) is 10.5. The van der Waals surface area contributed by atoms with Gasteiger partial charge in [0, 0.05) is 38.1 Å². The predicted octanol–water partition coefficient (Wildman–Crippen LogP) is 2.88. The Morgan fingerprint density at radius 1 is 1.11 bits per heavy atom. The highest BCUT2D eigenvalue weighted by Gasteiger charge is 2.29. The summed E-state index contributed by atoms with van der Waals surface area (Å²) in [6.07, 6.45) is 2.27. The normalized spacial score (nSPS) is 21.1. The topological polar surface area (TPSA) is 61.9 Å². The lowest BCUT2D eigenvalue weighted by atomic mass is 9.96. The van der Waals surface area contributed by atoms with E-state index >= 15 is 0 Å². The highest BCUT2D eigenvalue weighted by Crippen LogP contribution is 2.20. The van der Waals surface area contributed by atoms with Gasteiger partial charge in [0.2, 0.25) is 5.91 Å². The van der Waals surface area contributed by atoms with Crippen molar-refractivity contribution in [1.82, 2.24) is 15.1 Å². The molecule has 0 saturated carbocycles. The van der Waals surface area contributed by atoms with Gasteiger partial charge >= 0.3 is 6.09 Å². The van der Waals surface area contributed by atoms with Crippen molar-refractivity contribution in [3.8, 4) is 0 Å². The van der Waals surface area contributed by atoms with Crippen LogP contribution >= 0.6 is 0 Å². The Labute approximate surface area is 168 Å². The number of rotatable bonds is 6. The van der Waals surface area contributed by atoms with Crippen LogP contribution in [0.4, 0.5) is 4.79 Å². The van der Waals surface area contributed by atoms with Crippen LogP contribution in [0.25, 0.3) is 0 Å². The molecule has 1 N–H and O–H groups in total. The summed E-state index contributed by atoms with van der Waals surface area (Å²) in [5.74, 6) is 0.695. The van der Waals surface area contributed by atoms with Gasteiger partial charge in [0.25, 0.3) is 0 Å². The van der Waals surface area contributed by atoms with Gasteiger partial charge in [-0.1, -0.05) is 30.3 Å². The number of piperidine rings is 1. The average Bonchev–Trinajstić information content (AvgIpc) is 3.20. The Balaban J connectivity index is 1.34. The molecular formula is C22H33N3O3. The summed E-state index contributed by atoms with van der Waals surface area (Å²) in [5.41, 5.74) is 0.980. The molecule has 2 aliphatic heterocycles. The number of nitrogens with zero attached hydrogens (tertiary/aromatic N) is 2. The molecule has 154 valence electrons. The zero-order chi connectivity index (χ0) is 19.9. The van der Waals surface area contributed by atoms with E-state index in [0.29, 0.717) is 37.9 Å². The molecule has 3 rings (SSSR count). The molecule has 2 saturated heterocycles. The third-order valence-electron chi connectivity index (χ3n) is 5.94. The van der Waals surface area contributed by atoms with Gasteiger partial charge in [-0.05, 0) is 51.1 Å². The van der Waals surface area contributed by atoms with Gasteiger partial charge in [-0.3, -0.25) is 4.79 Å². The second-order valence-corrected chi connectivity index (χ2v) is 8.29. The summed E-state index contributed by atoms with van der Waals surface area (Å²) < 4.78 is 5.39. The number of nitrogens with one attached hydrogen (secondary N) is 1. The molecule has 1 unspecified atom stereocenters. The van der Waals surface area contributed by atoms with E-state index in [-0.39, 0.29) is 24.5 Å². The Morgan fingerprint density at radius 2 is 1.82 bits per heavy atom. The summed E-state index contributed by atoms with van der Waals surface area (Å²) in [6.45, 7) is 8.85. The van der Waals surface area contributed by atoms with Crippen LogP contribution in [0.1, 0.15) is 38.7 Å². The zero-order valence-electron chi connectivity index (χ0n) is 17.1. The standard InChI is InChI=1S/C22H33N3O3/c1-17(2)25-11-8-19(15-25)14-23-21(26)20-9-12-24(13-10-20)22(27)28-16-18-6-4-3-5-7-18/h3-7,17,19-20H,8-16H2,1-2H3,(H,23,26). The minimum absolute atomic E-state index is 0.000721. The number of hydrogen-bond donors (Lipinski definition) is 1. The molecule has 0 aliphatic carbocycles. The Kier molecular flexibility index (Phi) is 7.31. The number of likely N-dealkylation sites (tertiary alicyclic amines) is 2. The number of amides is 2. The highest BCUT2D eigenvalue weighted by molar-refractivity contribution is 5.79. The van der Waals surface area contributed by atoms with Gasteiger partial charge in [-0.15, -0.1) is 0 Å². The fourth-order valence-electron chi connectivity index (χ4n) is 4.02. The molecule has 1 aromatic rings. The van der Waals surface area contributed by atoms with Crippen LogP contribution in [0.2, 0.25) is 0 Å². The molecule has 0 bridgehead atoms. The SMILES string of the molecule is CC(C)N1CCC(CNC(=O)C2CCN(C(=O)OCc3ccccc3)CC2)C1. The second kappa shape index (κ2) is 9.92. The van der Waals surface area contributed by atoms with Crippen LogP contribution < -0.4 is 5.32 Å². The maximum atomic E-state index is 12.5. The maximum absolute atomic E-state index is 12.5. The summed E-state index contributed by atoms with van der Waals surface area (Å²) >= 11 is 0. The van der Waals surface area contributed by atoms with Gasteiger partial charge in [0.05, 0.1) is 0 Å². The van der Waals surface area contributed by atoms with Crippen molar-refractivity contribution < 1.29 is 14.3 Å². The molecule has 6 nitrogen and oxygen atoms in total. The van der Waals surface area contributed by atoms with Crippen molar-refractivity contribution in [3.05, 3.63) is 35.9 Å². The third-order valence-corrected chi connectivity index (χ3v) is 5.94. The summed E-state index contributed by atoms with van der Waals surface area (Å²) in [7, 11) is 0. The van der Waals surface area contributed by atoms with E-state index in [2.05, 4.69) is 24.1 Å². The van der Waals surface area contributed by atoms with Crippen molar-refractivity contribution in [1.29, 1.82) is 0 Å². The Hall–Kier alpha value is -2.08. The van der Waals surface area contributed by atoms with Crippen LogP contribution in [-0.2, 0) is 16.1 Å². The van der Waals surface area contributed by atoms with Gasteiger partial charge in [0.1, 0.15) is 6.61 Å². The van der Waals surface area contributed by atoms with Crippen molar-refractivity contribution in [2.75, 3.05) is 32.7 Å². The fraction of sp³-hybridized carbons (Fsp3) is 0.636. The van der Waals surface area contributed by atoms with Gasteiger partial charge in [-0.2, -0.15) is 0 Å². The quantitative estimate of drug-likeness (QED) is 0.815. The molecule has 2 aliphatic rings. The van der Waals surface area contributed by atoms with Crippen LogP contribution in [0.5, 0.6) is 0 Å². The zero-order valence-corrected chi connectivity index (χ0v) is 17.1. The molecule has 2 heterocycles. The maximum Gasteiger partial charge on any atom is 0.410 e. The smallest absolute Gasteiger partial charge is 0.410 e. The molecule has 0 spiro atoms.